The van der Waals surface area contributed by atoms with Gasteiger partial charge in [-0.2, -0.15) is 8.42 Å². The smallest absolute Gasteiger partial charge is 0.327 e. The van der Waals surface area contributed by atoms with Gasteiger partial charge in [0, 0.05) is 0 Å². The van der Waals surface area contributed by atoms with Crippen molar-refractivity contribution in [3.63, 3.8) is 0 Å². The van der Waals surface area contributed by atoms with Crippen molar-refractivity contribution in [1.29, 1.82) is 0 Å². The monoisotopic (exact) mass is 310 g/mol. The first kappa shape index (κ1) is 19.8. The van der Waals surface area contributed by atoms with Gasteiger partial charge in [0.05, 0.1) is 20.6 Å². The van der Waals surface area contributed by atoms with Crippen molar-refractivity contribution in [1.82, 2.24) is 0 Å². The summed E-state index contributed by atoms with van der Waals surface area (Å²) in [7, 11) is -0.196. The average Bonchev–Trinajstić information content (AvgIpc) is 2.30. The summed E-state index contributed by atoms with van der Waals surface area (Å²) in [6, 6.07) is 0. The van der Waals surface area contributed by atoms with Crippen LogP contribution in [-0.2, 0) is 14.6 Å². The number of hydrogen-bond donors (Lipinski definition) is 1. The molecule has 122 valence electrons. The Hall–Kier alpha value is -0.170. The summed E-state index contributed by atoms with van der Waals surface area (Å²) in [5.74, 6) is 0. The summed E-state index contributed by atoms with van der Waals surface area (Å²) in [5.41, 5.74) is 0. The summed E-state index contributed by atoms with van der Waals surface area (Å²) >= 11 is 0. The van der Waals surface area contributed by atoms with Gasteiger partial charge in [-0.15, -0.1) is 0 Å². The van der Waals surface area contributed by atoms with Crippen LogP contribution < -0.4 is 0 Å². The molecule has 0 spiro atoms. The molecule has 0 rings (SSSR count). The van der Waals surface area contributed by atoms with Gasteiger partial charge in [-0.25, -0.2) is 4.18 Å². The standard InChI is InChI=1S/C14H31NO4S/c1-4-5-6-7-8-9-10-11-12-15(2,3)13-14-19-20(16,17)18/h4-14H2,1-3H3/p+1. The highest BCUT2D eigenvalue weighted by molar-refractivity contribution is 7.80. The van der Waals surface area contributed by atoms with Crippen LogP contribution in [0.5, 0.6) is 0 Å². The van der Waals surface area contributed by atoms with Crippen molar-refractivity contribution in [2.75, 3.05) is 33.8 Å². The number of hydrogen-bond acceptors (Lipinski definition) is 3. The van der Waals surface area contributed by atoms with E-state index < -0.39 is 10.4 Å². The first-order chi connectivity index (χ1) is 9.27. The second kappa shape index (κ2) is 10.5. The van der Waals surface area contributed by atoms with Gasteiger partial charge >= 0.3 is 10.4 Å². The van der Waals surface area contributed by atoms with E-state index >= 15 is 0 Å². The molecule has 0 radical (unpaired) electrons. The molecule has 0 heterocycles. The molecule has 1 N–H and O–H groups in total. The van der Waals surface area contributed by atoms with Gasteiger partial charge in [0.25, 0.3) is 0 Å². The van der Waals surface area contributed by atoms with Crippen molar-refractivity contribution >= 4 is 10.4 Å². The fraction of sp³-hybridized carbons (Fsp3) is 1.00. The molecular weight excluding hydrogens is 278 g/mol. The van der Waals surface area contributed by atoms with Crippen LogP contribution in [0.15, 0.2) is 0 Å². The normalized spacial score (nSPS) is 12.8. The molecule has 0 aliphatic heterocycles. The van der Waals surface area contributed by atoms with Gasteiger partial charge in [-0.1, -0.05) is 45.4 Å². The van der Waals surface area contributed by atoms with E-state index in [4.69, 9.17) is 4.55 Å². The lowest BCUT2D eigenvalue weighted by molar-refractivity contribution is -0.890. The number of nitrogens with zero attached hydrogens (tertiary/aromatic N) is 1. The van der Waals surface area contributed by atoms with Crippen molar-refractivity contribution in [2.45, 2.75) is 58.3 Å². The predicted octanol–water partition coefficient (Wildman–Crippen LogP) is 3.02. The van der Waals surface area contributed by atoms with Crippen LogP contribution in [0.1, 0.15) is 58.3 Å². The Bertz CT molecular complexity index is 328. The molecule has 0 saturated heterocycles. The topological polar surface area (TPSA) is 63.6 Å². The highest BCUT2D eigenvalue weighted by Gasteiger charge is 2.16. The second-order valence-corrected chi connectivity index (χ2v) is 7.20. The van der Waals surface area contributed by atoms with Gasteiger partial charge in [-0.05, 0) is 12.8 Å². The lowest BCUT2D eigenvalue weighted by Gasteiger charge is -2.29. The molecule has 6 heteroatoms. The van der Waals surface area contributed by atoms with Crippen LogP contribution in [-0.4, -0.2) is 51.2 Å². The molecule has 0 aliphatic rings. The Morgan fingerprint density at radius 1 is 0.900 bits per heavy atom. The van der Waals surface area contributed by atoms with E-state index in [0.717, 1.165) is 13.0 Å². The van der Waals surface area contributed by atoms with Crippen LogP contribution >= 0.6 is 0 Å². The third kappa shape index (κ3) is 14.2. The predicted molar refractivity (Wildman–Crippen MR) is 82.0 cm³/mol. The first-order valence-corrected chi connectivity index (χ1v) is 9.07. The number of unbranched alkanes of at least 4 members (excludes halogenated alkanes) is 7. The maximum Gasteiger partial charge on any atom is 0.397 e. The van der Waals surface area contributed by atoms with Crippen LogP contribution in [0.3, 0.4) is 0 Å². The molecule has 5 nitrogen and oxygen atoms in total. The molecule has 0 amide bonds. The van der Waals surface area contributed by atoms with Crippen LogP contribution in [0.25, 0.3) is 0 Å². The number of likely N-dealkylation sites (N-methyl/N-ethyl adjacent to an activating group) is 1. The second-order valence-electron chi connectivity index (χ2n) is 6.11. The van der Waals surface area contributed by atoms with Gasteiger partial charge in [0.1, 0.15) is 13.2 Å². The number of quaternary nitrogens is 1. The molecule has 0 bridgehead atoms. The molecule has 0 aliphatic carbocycles. The Labute approximate surface area is 124 Å². The molecule has 0 aromatic heterocycles. The van der Waals surface area contributed by atoms with Crippen molar-refractivity contribution in [3.05, 3.63) is 0 Å². The van der Waals surface area contributed by atoms with E-state index in [1.165, 1.54) is 44.9 Å². The Balaban J connectivity index is 3.52. The molecule has 0 aromatic rings. The molecule has 0 aromatic carbocycles. The van der Waals surface area contributed by atoms with Gasteiger partial charge in [0.2, 0.25) is 0 Å². The molecule has 20 heavy (non-hydrogen) atoms. The Morgan fingerprint density at radius 2 is 1.40 bits per heavy atom. The Morgan fingerprint density at radius 3 is 1.90 bits per heavy atom. The molecular formula is C14H32NO4S+. The SMILES string of the molecule is CCCCCCCCCC[N+](C)(C)CCOS(=O)(=O)O. The van der Waals surface area contributed by atoms with E-state index in [1.807, 2.05) is 0 Å². The summed E-state index contributed by atoms with van der Waals surface area (Å²) in [6.07, 6.45) is 10.3. The molecule has 0 unspecified atom stereocenters. The van der Waals surface area contributed by atoms with Gasteiger partial charge < -0.3 is 4.48 Å². The summed E-state index contributed by atoms with van der Waals surface area (Å²) in [5, 5.41) is 0. The first-order valence-electron chi connectivity index (χ1n) is 7.71. The van der Waals surface area contributed by atoms with Crippen LogP contribution in [0.2, 0.25) is 0 Å². The lowest BCUT2D eigenvalue weighted by Crippen LogP contribution is -2.43. The summed E-state index contributed by atoms with van der Waals surface area (Å²) in [4.78, 5) is 0. The summed E-state index contributed by atoms with van der Waals surface area (Å²) in [6.45, 7) is 3.84. The highest BCUT2D eigenvalue weighted by atomic mass is 32.3. The lowest BCUT2D eigenvalue weighted by atomic mass is 10.1. The molecule has 0 atom stereocenters. The zero-order valence-corrected chi connectivity index (χ0v) is 14.1. The summed E-state index contributed by atoms with van der Waals surface area (Å²) < 4.78 is 34.5. The van der Waals surface area contributed by atoms with E-state index in [0.29, 0.717) is 11.0 Å². The third-order valence-electron chi connectivity index (χ3n) is 3.55. The third-order valence-corrected chi connectivity index (χ3v) is 4.01. The quantitative estimate of drug-likeness (QED) is 0.323. The van der Waals surface area contributed by atoms with Gasteiger partial charge in [0.15, 0.2) is 0 Å². The average molecular weight is 310 g/mol. The zero-order valence-electron chi connectivity index (χ0n) is 13.3. The Kier molecular flexibility index (Phi) is 10.5. The van der Waals surface area contributed by atoms with E-state index in [-0.39, 0.29) is 6.61 Å². The van der Waals surface area contributed by atoms with Crippen molar-refractivity contribution in [2.24, 2.45) is 0 Å². The van der Waals surface area contributed by atoms with Crippen molar-refractivity contribution < 1.29 is 21.6 Å². The maximum absolute atomic E-state index is 10.5. The van der Waals surface area contributed by atoms with Crippen molar-refractivity contribution in [3.8, 4) is 0 Å². The minimum Gasteiger partial charge on any atom is -0.327 e. The number of rotatable bonds is 13. The fourth-order valence-electron chi connectivity index (χ4n) is 2.18. The highest BCUT2D eigenvalue weighted by Crippen LogP contribution is 2.10. The van der Waals surface area contributed by atoms with Crippen LogP contribution in [0.4, 0.5) is 0 Å². The zero-order chi connectivity index (χ0) is 15.5. The molecule has 0 fully saturated rings. The largest absolute Gasteiger partial charge is 0.397 e. The van der Waals surface area contributed by atoms with E-state index in [9.17, 15) is 8.42 Å². The molecule has 0 saturated carbocycles. The fourth-order valence-corrected chi connectivity index (χ4v) is 2.46. The maximum atomic E-state index is 10.5. The van der Waals surface area contributed by atoms with E-state index in [1.54, 1.807) is 0 Å². The van der Waals surface area contributed by atoms with Gasteiger partial charge in [-0.3, -0.25) is 4.55 Å². The minimum absolute atomic E-state index is 0.0306. The minimum atomic E-state index is -4.30. The van der Waals surface area contributed by atoms with Crippen LogP contribution in [0, 0.1) is 0 Å². The van der Waals surface area contributed by atoms with E-state index in [2.05, 4.69) is 25.2 Å².